The lowest BCUT2D eigenvalue weighted by molar-refractivity contribution is -0.121. The first kappa shape index (κ1) is 16.6. The Hall–Kier alpha value is -2.87. The van der Waals surface area contributed by atoms with Crippen LogP contribution in [0.25, 0.3) is 0 Å². The van der Waals surface area contributed by atoms with Gasteiger partial charge in [-0.3, -0.25) is 9.48 Å². The molecule has 132 valence electrons. The Morgan fingerprint density at radius 1 is 1.42 bits per heavy atom. The van der Waals surface area contributed by atoms with Crippen molar-refractivity contribution in [1.29, 1.82) is 5.26 Å². The maximum atomic E-state index is 12.7. The fourth-order valence-corrected chi connectivity index (χ4v) is 4.73. The first-order valence-corrected chi connectivity index (χ1v) is 8.86. The van der Waals surface area contributed by atoms with E-state index in [2.05, 4.69) is 12.3 Å². The molecule has 3 atom stereocenters. The Morgan fingerprint density at radius 2 is 2.23 bits per heavy atom. The highest BCUT2D eigenvalue weighted by molar-refractivity contribution is 6.02. The number of allylic oxidation sites excluding steroid dienone is 2. The predicted octanol–water partition coefficient (Wildman–Crippen LogP) is 2.95. The van der Waals surface area contributed by atoms with E-state index in [0.717, 1.165) is 29.8 Å². The average Bonchev–Trinajstić information content (AvgIpc) is 3.05. The van der Waals surface area contributed by atoms with Crippen molar-refractivity contribution in [2.45, 2.75) is 25.2 Å². The van der Waals surface area contributed by atoms with Gasteiger partial charge in [-0.2, -0.15) is 10.4 Å². The number of carbonyl (C=O) groups excluding carboxylic acids is 1. The number of hydrogen-bond acceptors (Lipinski definition) is 4. The molecule has 2 aliphatic rings. The molecular weight excluding hydrogens is 326 g/mol. The number of carbonyl (C=O) groups is 1. The van der Waals surface area contributed by atoms with E-state index in [-0.39, 0.29) is 23.2 Å². The van der Waals surface area contributed by atoms with Gasteiger partial charge in [0.15, 0.2) is 5.78 Å². The summed E-state index contributed by atoms with van der Waals surface area (Å²) in [6.07, 6.45) is 5.69. The predicted molar refractivity (Wildman–Crippen MR) is 96.7 cm³/mol. The molecule has 2 aromatic rings. The number of benzene rings is 1. The minimum atomic E-state index is -0.582. The molecule has 0 aliphatic heterocycles. The van der Waals surface area contributed by atoms with E-state index in [1.54, 1.807) is 7.11 Å². The van der Waals surface area contributed by atoms with Crippen molar-refractivity contribution in [2.75, 3.05) is 7.11 Å². The number of aryl methyl sites for hydroxylation is 2. The number of aromatic nitrogens is 2. The van der Waals surface area contributed by atoms with E-state index >= 15 is 0 Å². The molecule has 2 unspecified atom stereocenters. The molecule has 0 fully saturated rings. The topological polar surface area (TPSA) is 67.9 Å². The Morgan fingerprint density at radius 3 is 2.96 bits per heavy atom. The van der Waals surface area contributed by atoms with Crippen LogP contribution in [0.3, 0.4) is 0 Å². The first-order chi connectivity index (χ1) is 12.5. The van der Waals surface area contributed by atoms with Crippen molar-refractivity contribution in [3.05, 3.63) is 58.9 Å². The highest BCUT2D eigenvalue weighted by Crippen LogP contribution is 2.53. The largest absolute Gasteiger partial charge is 0.497 e. The van der Waals surface area contributed by atoms with Gasteiger partial charge in [-0.25, -0.2) is 0 Å². The van der Waals surface area contributed by atoms with Gasteiger partial charge in [-0.05, 0) is 48.1 Å². The molecule has 0 radical (unpaired) electrons. The summed E-state index contributed by atoms with van der Waals surface area (Å²) in [5, 5.41) is 14.4. The molecule has 0 amide bonds. The van der Waals surface area contributed by atoms with Crippen molar-refractivity contribution in [3.63, 3.8) is 0 Å². The molecule has 0 saturated carbocycles. The van der Waals surface area contributed by atoms with Crippen molar-refractivity contribution >= 4 is 5.78 Å². The van der Waals surface area contributed by atoms with Crippen LogP contribution in [0.5, 0.6) is 5.75 Å². The number of hydrogen-bond donors (Lipinski definition) is 0. The second-order valence-electron chi connectivity index (χ2n) is 7.25. The Bertz CT molecular complexity index is 966. The summed E-state index contributed by atoms with van der Waals surface area (Å²) in [6, 6.07) is 10.0. The Balaban J connectivity index is 2.08. The maximum Gasteiger partial charge on any atom is 0.176 e. The molecule has 0 bridgehead atoms. The second-order valence-corrected chi connectivity index (χ2v) is 7.25. The zero-order valence-electron chi connectivity index (χ0n) is 15.2. The molecule has 1 aromatic heterocycles. The van der Waals surface area contributed by atoms with Gasteiger partial charge in [0.1, 0.15) is 11.8 Å². The summed E-state index contributed by atoms with van der Waals surface area (Å²) < 4.78 is 7.27. The Kier molecular flexibility index (Phi) is 3.73. The van der Waals surface area contributed by atoms with Crippen LogP contribution in [-0.4, -0.2) is 22.7 Å². The molecule has 5 heteroatoms. The maximum absolute atomic E-state index is 12.7. The number of rotatable bonds is 2. The lowest BCUT2D eigenvalue weighted by Gasteiger charge is -2.46. The summed E-state index contributed by atoms with van der Waals surface area (Å²) >= 11 is 0. The van der Waals surface area contributed by atoms with E-state index < -0.39 is 5.41 Å². The summed E-state index contributed by atoms with van der Waals surface area (Å²) in [4.78, 5) is 12.7. The van der Waals surface area contributed by atoms with Gasteiger partial charge >= 0.3 is 0 Å². The molecule has 1 heterocycles. The lowest BCUT2D eigenvalue weighted by atomic mass is 9.54. The number of fused-ring (bicyclic) bond motifs is 3. The summed E-state index contributed by atoms with van der Waals surface area (Å²) in [6.45, 7) is 1.94. The molecule has 5 nitrogen and oxygen atoms in total. The van der Waals surface area contributed by atoms with Crippen molar-refractivity contribution in [1.82, 2.24) is 9.78 Å². The minimum absolute atomic E-state index is 0.0598. The van der Waals surface area contributed by atoms with Crippen LogP contribution >= 0.6 is 0 Å². The number of ketones is 1. The van der Waals surface area contributed by atoms with Gasteiger partial charge < -0.3 is 4.74 Å². The van der Waals surface area contributed by atoms with Gasteiger partial charge in [0.05, 0.1) is 23.8 Å². The van der Waals surface area contributed by atoms with Crippen molar-refractivity contribution in [2.24, 2.45) is 18.9 Å². The summed E-state index contributed by atoms with van der Waals surface area (Å²) in [5.74, 6) is 0.545. The third-order valence-corrected chi connectivity index (χ3v) is 5.93. The van der Waals surface area contributed by atoms with Crippen LogP contribution in [0, 0.1) is 23.2 Å². The molecule has 4 rings (SSSR count). The first-order valence-electron chi connectivity index (χ1n) is 8.86. The fourth-order valence-electron chi connectivity index (χ4n) is 4.73. The van der Waals surface area contributed by atoms with Crippen LogP contribution in [0.2, 0.25) is 0 Å². The van der Waals surface area contributed by atoms with E-state index in [1.807, 2.05) is 49.0 Å². The third-order valence-electron chi connectivity index (χ3n) is 5.93. The van der Waals surface area contributed by atoms with Gasteiger partial charge in [0.25, 0.3) is 0 Å². The molecule has 0 spiro atoms. The molecule has 2 aliphatic carbocycles. The van der Waals surface area contributed by atoms with Crippen molar-refractivity contribution < 1.29 is 9.53 Å². The van der Waals surface area contributed by atoms with Crippen molar-refractivity contribution in [3.8, 4) is 11.8 Å². The number of Topliss-reactive ketones (excluding diaryl/α,β-unsaturated/α-hetero) is 1. The van der Waals surface area contributed by atoms with Crippen LogP contribution in [0.4, 0.5) is 0 Å². The fraction of sp³-hybridized carbons (Fsp3) is 0.381. The molecule has 1 aromatic carbocycles. The highest BCUT2D eigenvalue weighted by atomic mass is 16.5. The number of ether oxygens (including phenoxy) is 1. The summed E-state index contributed by atoms with van der Waals surface area (Å²) in [7, 11) is 3.56. The van der Waals surface area contributed by atoms with E-state index in [1.165, 1.54) is 5.56 Å². The molecule has 0 saturated heterocycles. The SMILES string of the molecule is COc1cccc([C@]23C=C(C#N)C(=O)C(C)C2CCc2cn(C)nc23)c1. The highest BCUT2D eigenvalue weighted by Gasteiger charge is 2.53. The molecular formula is C21H21N3O2. The quantitative estimate of drug-likeness (QED) is 0.838. The number of nitrogens with zero attached hydrogens (tertiary/aromatic N) is 3. The lowest BCUT2D eigenvalue weighted by Crippen LogP contribution is -2.48. The van der Waals surface area contributed by atoms with Gasteiger partial charge in [-0.15, -0.1) is 0 Å². The van der Waals surface area contributed by atoms with E-state index in [0.29, 0.717) is 0 Å². The monoisotopic (exact) mass is 347 g/mol. The van der Waals surface area contributed by atoms with E-state index in [4.69, 9.17) is 9.84 Å². The summed E-state index contributed by atoms with van der Waals surface area (Å²) in [5.41, 5.74) is 2.81. The van der Waals surface area contributed by atoms with E-state index in [9.17, 15) is 10.1 Å². The number of methoxy groups -OCH3 is 1. The Labute approximate surface area is 152 Å². The average molecular weight is 347 g/mol. The molecule has 0 N–H and O–H groups in total. The number of nitriles is 1. The van der Waals surface area contributed by atoms with Crippen LogP contribution in [0.15, 0.2) is 42.1 Å². The standard InChI is InChI=1S/C21H21N3O2/c1-13-18-8-7-14-12-24(2)23-20(14)21(18,10-15(11-22)19(13)25)16-5-4-6-17(9-16)26-3/h4-6,9-10,12-13,18H,7-8H2,1-3H3/t13?,18?,21-/m1/s1. The van der Waals surface area contributed by atoms with Gasteiger partial charge in [0.2, 0.25) is 0 Å². The van der Waals surface area contributed by atoms with Gasteiger partial charge in [0, 0.05) is 19.2 Å². The second kappa shape index (κ2) is 5.84. The zero-order chi connectivity index (χ0) is 18.5. The van der Waals surface area contributed by atoms with Crippen LogP contribution in [-0.2, 0) is 23.7 Å². The minimum Gasteiger partial charge on any atom is -0.497 e. The van der Waals surface area contributed by atoms with Gasteiger partial charge in [-0.1, -0.05) is 19.1 Å². The van der Waals surface area contributed by atoms with Crippen LogP contribution in [0.1, 0.15) is 30.2 Å². The normalized spacial score (nSPS) is 27.2. The zero-order valence-corrected chi connectivity index (χ0v) is 15.2. The molecule has 26 heavy (non-hydrogen) atoms. The van der Waals surface area contributed by atoms with Crippen LogP contribution < -0.4 is 4.74 Å². The third kappa shape index (κ3) is 2.15. The smallest absolute Gasteiger partial charge is 0.176 e.